The van der Waals surface area contributed by atoms with Gasteiger partial charge in [-0.3, -0.25) is 19.0 Å². The first kappa shape index (κ1) is 23.6. The topological polar surface area (TPSA) is 139 Å². The van der Waals surface area contributed by atoms with Gasteiger partial charge >= 0.3 is 0 Å². The van der Waals surface area contributed by atoms with Crippen LogP contribution in [0.1, 0.15) is 33.7 Å². The van der Waals surface area contributed by atoms with Gasteiger partial charge in [-0.25, -0.2) is 18.9 Å². The third kappa shape index (κ3) is 4.21. The van der Waals surface area contributed by atoms with E-state index in [0.717, 1.165) is 19.5 Å². The molecule has 0 aromatic carbocycles. The fourth-order valence-electron chi connectivity index (χ4n) is 4.19. The average Bonchev–Trinajstić information content (AvgIpc) is 3.40. The molecule has 0 radical (unpaired) electrons. The molecule has 0 unspecified atom stereocenters. The van der Waals surface area contributed by atoms with E-state index in [2.05, 4.69) is 31.0 Å². The number of fused-ring (bicyclic) bond motifs is 1. The zero-order chi connectivity index (χ0) is 26.4. The predicted molar refractivity (Wildman–Crippen MR) is 137 cm³/mol. The number of nitrogens with zero attached hydrogens (tertiary/aromatic N) is 6. The average molecular weight is 518 g/mol. The first-order valence-electron chi connectivity index (χ1n) is 12.2. The minimum atomic E-state index is -1.04. The van der Waals surface area contributed by atoms with Crippen LogP contribution in [0.25, 0.3) is 11.5 Å². The van der Waals surface area contributed by atoms with Crippen LogP contribution < -0.4 is 21.5 Å². The van der Waals surface area contributed by atoms with Crippen LogP contribution in [0.4, 0.5) is 21.6 Å². The predicted octanol–water partition coefficient (Wildman–Crippen LogP) is 1.75. The largest absolute Gasteiger partial charge is 0.385 e. The SMILES string of the molecule is CNc1cc(Nc2cccn(-c3ccc(C(=O)N4CCC4)cn3)c2=O)nn2c(C(=O)N[C@@H]3C[C@@H]3F)cnc12. The molecule has 1 aliphatic carbocycles. The molecule has 3 N–H and O–H groups in total. The highest BCUT2D eigenvalue weighted by molar-refractivity contribution is 5.95. The highest BCUT2D eigenvalue weighted by atomic mass is 19.1. The maximum Gasteiger partial charge on any atom is 0.279 e. The summed E-state index contributed by atoms with van der Waals surface area (Å²) in [7, 11) is 1.70. The number of rotatable bonds is 7. The number of anilines is 3. The zero-order valence-electron chi connectivity index (χ0n) is 20.4. The van der Waals surface area contributed by atoms with E-state index in [1.807, 2.05) is 0 Å². The van der Waals surface area contributed by atoms with Crippen LogP contribution >= 0.6 is 0 Å². The van der Waals surface area contributed by atoms with Crippen molar-refractivity contribution in [2.45, 2.75) is 25.1 Å². The molecule has 6 rings (SSSR count). The summed E-state index contributed by atoms with van der Waals surface area (Å²) in [4.78, 5) is 48.7. The Morgan fingerprint density at radius 2 is 1.92 bits per heavy atom. The van der Waals surface area contributed by atoms with Crippen LogP contribution in [-0.4, -0.2) is 73.2 Å². The molecular formula is C25H24FN9O3. The van der Waals surface area contributed by atoms with Crippen molar-refractivity contribution in [2.75, 3.05) is 30.8 Å². The van der Waals surface area contributed by atoms with E-state index < -0.39 is 18.1 Å². The molecule has 4 aromatic rings. The lowest BCUT2D eigenvalue weighted by atomic mass is 10.1. The van der Waals surface area contributed by atoms with Gasteiger partial charge in [0.2, 0.25) is 0 Å². The van der Waals surface area contributed by atoms with Gasteiger partial charge in [0.25, 0.3) is 17.4 Å². The quantitative estimate of drug-likeness (QED) is 0.337. The second-order valence-corrected chi connectivity index (χ2v) is 9.18. The lowest BCUT2D eigenvalue weighted by molar-refractivity contribution is 0.0651. The second-order valence-electron chi connectivity index (χ2n) is 9.18. The van der Waals surface area contributed by atoms with E-state index in [4.69, 9.17) is 0 Å². The number of hydrogen-bond acceptors (Lipinski definition) is 8. The van der Waals surface area contributed by atoms with Crippen LogP contribution in [-0.2, 0) is 0 Å². The fourth-order valence-corrected chi connectivity index (χ4v) is 4.19. The molecule has 13 heteroatoms. The molecule has 1 aliphatic heterocycles. The summed E-state index contributed by atoms with van der Waals surface area (Å²) in [5.41, 5.74) is 1.41. The van der Waals surface area contributed by atoms with Gasteiger partial charge < -0.3 is 20.9 Å². The van der Waals surface area contributed by atoms with E-state index >= 15 is 0 Å². The third-order valence-electron chi connectivity index (χ3n) is 6.59. The number of likely N-dealkylation sites (tertiary alicyclic amines) is 1. The third-order valence-corrected chi connectivity index (χ3v) is 6.59. The smallest absolute Gasteiger partial charge is 0.279 e. The van der Waals surface area contributed by atoms with Gasteiger partial charge in [-0.2, -0.15) is 0 Å². The molecule has 2 aliphatic rings. The molecule has 1 saturated carbocycles. The standard InChI is InChI=1S/C25H24FN9O3/c1-27-18-11-20(32-35-19(13-29-22(18)35)23(36)31-17-10-15(17)26)30-16-4-2-9-34(25(16)38)21-6-5-14(12-28-21)24(37)33-7-3-8-33/h2,4-6,9,11-13,15,17,27H,3,7-8,10H2,1H3,(H,30,32)(H,31,36)/t15-,17+/m0/s1. The highest BCUT2D eigenvalue weighted by Gasteiger charge is 2.39. The van der Waals surface area contributed by atoms with Gasteiger partial charge in [-0.05, 0) is 30.7 Å². The van der Waals surface area contributed by atoms with Gasteiger partial charge in [0.1, 0.15) is 17.7 Å². The lowest BCUT2D eigenvalue weighted by Crippen LogP contribution is -2.42. The molecule has 12 nitrogen and oxygen atoms in total. The maximum atomic E-state index is 13.3. The van der Waals surface area contributed by atoms with E-state index in [0.29, 0.717) is 22.7 Å². The Labute approximate surface area is 215 Å². The molecule has 0 bridgehead atoms. The van der Waals surface area contributed by atoms with Crippen molar-refractivity contribution in [2.24, 2.45) is 0 Å². The first-order valence-corrected chi connectivity index (χ1v) is 12.2. The monoisotopic (exact) mass is 517 g/mol. The maximum absolute atomic E-state index is 13.3. The van der Waals surface area contributed by atoms with Gasteiger partial charge in [0.05, 0.1) is 23.5 Å². The molecular weight excluding hydrogens is 493 g/mol. The Bertz CT molecular complexity index is 1610. The molecule has 194 valence electrons. The molecule has 2 amide bonds. The summed E-state index contributed by atoms with van der Waals surface area (Å²) in [5.74, 6) is 0.0764. The van der Waals surface area contributed by atoms with E-state index in [9.17, 15) is 18.8 Å². The number of pyridine rings is 2. The molecule has 38 heavy (non-hydrogen) atoms. The Balaban J connectivity index is 1.29. The van der Waals surface area contributed by atoms with Crippen molar-refractivity contribution in [3.8, 4) is 5.82 Å². The number of carbonyl (C=O) groups is 2. The summed E-state index contributed by atoms with van der Waals surface area (Å²) in [5, 5.41) is 13.1. The normalized spacial score (nSPS) is 18.1. The van der Waals surface area contributed by atoms with Crippen LogP contribution in [0.5, 0.6) is 0 Å². The Morgan fingerprint density at radius 3 is 2.58 bits per heavy atom. The van der Waals surface area contributed by atoms with Crippen molar-refractivity contribution >= 4 is 34.7 Å². The summed E-state index contributed by atoms with van der Waals surface area (Å²) < 4.78 is 16.0. The van der Waals surface area contributed by atoms with Crippen LogP contribution in [0.3, 0.4) is 0 Å². The molecule has 5 heterocycles. The molecule has 2 fully saturated rings. The number of hydrogen-bond donors (Lipinski definition) is 3. The van der Waals surface area contributed by atoms with E-state index in [1.165, 1.54) is 21.5 Å². The summed E-state index contributed by atoms with van der Waals surface area (Å²) in [6, 6.07) is 7.72. The highest BCUT2D eigenvalue weighted by Crippen LogP contribution is 2.26. The van der Waals surface area contributed by atoms with Crippen molar-refractivity contribution in [1.82, 2.24) is 34.4 Å². The van der Waals surface area contributed by atoms with Crippen LogP contribution in [0.15, 0.2) is 53.7 Å². The molecule has 4 aromatic heterocycles. The van der Waals surface area contributed by atoms with Crippen molar-refractivity contribution < 1.29 is 14.0 Å². The lowest BCUT2D eigenvalue weighted by Gasteiger charge is -2.30. The Kier molecular flexibility index (Phi) is 5.74. The van der Waals surface area contributed by atoms with Crippen molar-refractivity contribution in [3.05, 3.63) is 70.5 Å². The van der Waals surface area contributed by atoms with E-state index in [1.54, 1.807) is 48.5 Å². The number of imidazole rings is 1. The number of nitrogens with one attached hydrogen (secondary N) is 3. The van der Waals surface area contributed by atoms with Gasteiger partial charge in [-0.1, -0.05) is 0 Å². The second kappa shape index (κ2) is 9.25. The van der Waals surface area contributed by atoms with Crippen LogP contribution in [0.2, 0.25) is 0 Å². The Morgan fingerprint density at radius 1 is 1.11 bits per heavy atom. The fraction of sp³-hybridized carbons (Fsp3) is 0.280. The summed E-state index contributed by atoms with van der Waals surface area (Å²) in [6.45, 7) is 1.49. The van der Waals surface area contributed by atoms with Crippen LogP contribution in [0, 0.1) is 0 Å². The summed E-state index contributed by atoms with van der Waals surface area (Å²) >= 11 is 0. The Hall–Kier alpha value is -4.81. The van der Waals surface area contributed by atoms with Gasteiger partial charge in [0, 0.05) is 45.0 Å². The summed E-state index contributed by atoms with van der Waals surface area (Å²) in [6.07, 6.45) is 4.67. The zero-order valence-corrected chi connectivity index (χ0v) is 20.4. The first-order chi connectivity index (χ1) is 18.4. The number of halogens is 1. The van der Waals surface area contributed by atoms with Crippen molar-refractivity contribution in [3.63, 3.8) is 0 Å². The van der Waals surface area contributed by atoms with Gasteiger partial charge in [-0.15, -0.1) is 5.10 Å². The number of amides is 2. The van der Waals surface area contributed by atoms with E-state index in [-0.39, 0.29) is 35.1 Å². The molecule has 0 spiro atoms. The van der Waals surface area contributed by atoms with Gasteiger partial charge in [0.15, 0.2) is 17.2 Å². The molecule has 2 atom stereocenters. The van der Waals surface area contributed by atoms with Crippen molar-refractivity contribution in [1.29, 1.82) is 0 Å². The number of aromatic nitrogens is 5. The minimum absolute atomic E-state index is 0.0749. The minimum Gasteiger partial charge on any atom is -0.385 e. The number of alkyl halides is 1. The molecule has 1 saturated heterocycles. The number of carbonyl (C=O) groups excluding carboxylic acids is 2.